The van der Waals surface area contributed by atoms with Gasteiger partial charge in [-0.3, -0.25) is 0 Å². The highest BCUT2D eigenvalue weighted by molar-refractivity contribution is 5.89. The van der Waals surface area contributed by atoms with E-state index in [0.717, 1.165) is 30.0 Å². The third-order valence-electron chi connectivity index (χ3n) is 4.35. The summed E-state index contributed by atoms with van der Waals surface area (Å²) < 4.78 is 1.56. The number of benzene rings is 2. The molecule has 26 heavy (non-hydrogen) atoms. The molecule has 0 aliphatic carbocycles. The molecule has 2 heterocycles. The van der Waals surface area contributed by atoms with Crippen molar-refractivity contribution in [1.82, 2.24) is 25.1 Å². The number of hydrogen-bond donors (Lipinski definition) is 2. The highest BCUT2D eigenvalue weighted by Crippen LogP contribution is 2.18. The minimum Gasteiger partial charge on any atom is -0.380 e. The van der Waals surface area contributed by atoms with Crippen molar-refractivity contribution in [3.05, 3.63) is 60.9 Å². The number of nitrogens with one attached hydrogen (secondary N) is 2. The third-order valence-corrected chi connectivity index (χ3v) is 4.35. The molecule has 2 N–H and O–H groups in total. The molecule has 3 aromatic rings. The largest absolute Gasteiger partial charge is 0.380 e. The lowest BCUT2D eigenvalue weighted by atomic mass is 10.2. The maximum Gasteiger partial charge on any atom is 0.321 e. The smallest absolute Gasteiger partial charge is 0.321 e. The molecule has 1 fully saturated rings. The zero-order valence-corrected chi connectivity index (χ0v) is 14.1. The topological polar surface area (TPSA) is 88.0 Å². The van der Waals surface area contributed by atoms with Crippen molar-refractivity contribution in [1.29, 1.82) is 0 Å². The predicted octanol–water partition coefficient (Wildman–Crippen LogP) is 2.38. The molecule has 8 heteroatoms. The van der Waals surface area contributed by atoms with Gasteiger partial charge < -0.3 is 15.5 Å². The monoisotopic (exact) mass is 349 g/mol. The van der Waals surface area contributed by atoms with Crippen molar-refractivity contribution in [3.63, 3.8) is 0 Å². The molecule has 132 valence electrons. The van der Waals surface area contributed by atoms with Crippen LogP contribution in [0.1, 0.15) is 6.42 Å². The minimum atomic E-state index is -0.0856. The van der Waals surface area contributed by atoms with Crippen LogP contribution in [-0.2, 0) is 0 Å². The number of aromatic nitrogens is 4. The van der Waals surface area contributed by atoms with Gasteiger partial charge in [-0.15, -0.1) is 5.10 Å². The average Bonchev–Trinajstić information content (AvgIpc) is 3.35. The van der Waals surface area contributed by atoms with E-state index >= 15 is 0 Å². The summed E-state index contributed by atoms with van der Waals surface area (Å²) in [7, 11) is 0. The van der Waals surface area contributed by atoms with Gasteiger partial charge in [-0.25, -0.2) is 9.48 Å². The summed E-state index contributed by atoms with van der Waals surface area (Å²) in [6, 6.07) is 17.6. The Labute approximate surface area is 150 Å². The number of anilines is 2. The van der Waals surface area contributed by atoms with Crippen molar-refractivity contribution < 1.29 is 4.79 Å². The Morgan fingerprint density at radius 1 is 1.04 bits per heavy atom. The number of tetrazole rings is 1. The number of carbonyl (C=O) groups excluding carboxylic acids is 1. The van der Waals surface area contributed by atoms with E-state index in [1.807, 2.05) is 59.5 Å². The van der Waals surface area contributed by atoms with E-state index in [1.165, 1.54) is 6.33 Å². The number of para-hydroxylation sites is 1. The van der Waals surface area contributed by atoms with Crippen LogP contribution < -0.4 is 10.6 Å². The van der Waals surface area contributed by atoms with Crippen LogP contribution in [0.3, 0.4) is 0 Å². The van der Waals surface area contributed by atoms with Gasteiger partial charge in [0.25, 0.3) is 0 Å². The molecule has 4 rings (SSSR count). The molecular weight excluding hydrogens is 330 g/mol. The second kappa shape index (κ2) is 7.22. The SMILES string of the molecule is O=C(Nc1ccc(-n2cnnn2)cc1)N1CCC(Nc2ccccc2)C1. The molecule has 0 saturated carbocycles. The van der Waals surface area contributed by atoms with E-state index in [-0.39, 0.29) is 12.1 Å². The minimum absolute atomic E-state index is 0.0856. The van der Waals surface area contributed by atoms with Gasteiger partial charge in [0.15, 0.2) is 0 Å². The van der Waals surface area contributed by atoms with Crippen LogP contribution in [0, 0.1) is 0 Å². The maximum atomic E-state index is 12.5. The Hall–Kier alpha value is -3.42. The van der Waals surface area contributed by atoms with Crippen molar-refractivity contribution in [3.8, 4) is 5.69 Å². The lowest BCUT2D eigenvalue weighted by molar-refractivity contribution is 0.222. The quantitative estimate of drug-likeness (QED) is 0.755. The summed E-state index contributed by atoms with van der Waals surface area (Å²) in [5, 5.41) is 17.5. The zero-order chi connectivity index (χ0) is 17.8. The number of nitrogens with zero attached hydrogens (tertiary/aromatic N) is 5. The number of hydrogen-bond acceptors (Lipinski definition) is 5. The standard InChI is InChI=1S/C18H19N7O/c26-18(21-15-6-8-17(9-7-15)25-13-19-22-23-25)24-11-10-16(12-24)20-14-4-2-1-3-5-14/h1-9,13,16,20H,10-12H2,(H,21,26). The van der Waals surface area contributed by atoms with Crippen LogP contribution in [0.4, 0.5) is 16.2 Å². The number of likely N-dealkylation sites (tertiary alicyclic amines) is 1. The summed E-state index contributed by atoms with van der Waals surface area (Å²) in [5.41, 5.74) is 2.66. The van der Waals surface area contributed by atoms with Gasteiger partial charge in [-0.2, -0.15) is 0 Å². The van der Waals surface area contributed by atoms with Gasteiger partial charge in [-0.05, 0) is 53.2 Å². The number of carbonyl (C=O) groups is 1. The average molecular weight is 349 g/mol. The highest BCUT2D eigenvalue weighted by Gasteiger charge is 2.26. The molecule has 0 radical (unpaired) electrons. The second-order valence-corrected chi connectivity index (χ2v) is 6.17. The van der Waals surface area contributed by atoms with Gasteiger partial charge in [0.05, 0.1) is 5.69 Å². The number of rotatable bonds is 4. The molecular formula is C18H19N7O. The molecule has 1 aliphatic heterocycles. The highest BCUT2D eigenvalue weighted by atomic mass is 16.2. The summed E-state index contributed by atoms with van der Waals surface area (Å²) in [4.78, 5) is 14.3. The van der Waals surface area contributed by atoms with E-state index in [4.69, 9.17) is 0 Å². The third kappa shape index (κ3) is 3.64. The fraction of sp³-hybridized carbons (Fsp3) is 0.222. The van der Waals surface area contributed by atoms with Crippen LogP contribution in [0.2, 0.25) is 0 Å². The normalized spacial score (nSPS) is 16.5. The fourth-order valence-corrected chi connectivity index (χ4v) is 3.01. The molecule has 1 aliphatic rings. The van der Waals surface area contributed by atoms with Gasteiger partial charge in [0.1, 0.15) is 6.33 Å². The Morgan fingerprint density at radius 2 is 1.85 bits per heavy atom. The number of urea groups is 1. The van der Waals surface area contributed by atoms with Crippen LogP contribution >= 0.6 is 0 Å². The molecule has 2 amide bonds. The van der Waals surface area contributed by atoms with E-state index in [2.05, 4.69) is 26.2 Å². The predicted molar refractivity (Wildman–Crippen MR) is 98.2 cm³/mol. The fourth-order valence-electron chi connectivity index (χ4n) is 3.01. The van der Waals surface area contributed by atoms with E-state index < -0.39 is 0 Å². The molecule has 1 aromatic heterocycles. The summed E-state index contributed by atoms with van der Waals surface area (Å²) in [5.74, 6) is 0. The lowest BCUT2D eigenvalue weighted by Gasteiger charge is -2.18. The second-order valence-electron chi connectivity index (χ2n) is 6.17. The summed E-state index contributed by atoms with van der Waals surface area (Å²) in [6.07, 6.45) is 2.46. The Bertz CT molecular complexity index is 849. The van der Waals surface area contributed by atoms with Crippen LogP contribution in [0.5, 0.6) is 0 Å². The van der Waals surface area contributed by atoms with Crippen molar-refractivity contribution in [2.45, 2.75) is 12.5 Å². The first kappa shape index (κ1) is 16.1. The molecule has 1 unspecified atom stereocenters. The van der Waals surface area contributed by atoms with Gasteiger partial charge >= 0.3 is 6.03 Å². The molecule has 1 atom stereocenters. The lowest BCUT2D eigenvalue weighted by Crippen LogP contribution is -2.34. The number of amides is 2. The Morgan fingerprint density at radius 3 is 2.58 bits per heavy atom. The first-order valence-corrected chi connectivity index (χ1v) is 8.49. The van der Waals surface area contributed by atoms with Gasteiger partial charge in [0.2, 0.25) is 0 Å². The van der Waals surface area contributed by atoms with Crippen molar-refractivity contribution >= 4 is 17.4 Å². The van der Waals surface area contributed by atoms with Gasteiger partial charge in [0, 0.05) is 30.5 Å². The Kier molecular flexibility index (Phi) is 4.46. The van der Waals surface area contributed by atoms with Crippen LogP contribution in [-0.4, -0.2) is 50.3 Å². The molecule has 1 saturated heterocycles. The first-order chi connectivity index (χ1) is 12.8. The first-order valence-electron chi connectivity index (χ1n) is 8.49. The Balaban J connectivity index is 1.32. The van der Waals surface area contributed by atoms with Crippen molar-refractivity contribution in [2.24, 2.45) is 0 Å². The van der Waals surface area contributed by atoms with Gasteiger partial charge in [-0.1, -0.05) is 18.2 Å². The maximum absolute atomic E-state index is 12.5. The van der Waals surface area contributed by atoms with E-state index in [9.17, 15) is 4.79 Å². The molecule has 2 aromatic carbocycles. The summed E-state index contributed by atoms with van der Waals surface area (Å²) in [6.45, 7) is 1.42. The van der Waals surface area contributed by atoms with E-state index in [1.54, 1.807) is 4.68 Å². The summed E-state index contributed by atoms with van der Waals surface area (Å²) >= 11 is 0. The van der Waals surface area contributed by atoms with E-state index in [0.29, 0.717) is 6.54 Å². The molecule has 0 spiro atoms. The van der Waals surface area contributed by atoms with Crippen LogP contribution in [0.25, 0.3) is 5.69 Å². The van der Waals surface area contributed by atoms with Crippen molar-refractivity contribution in [2.75, 3.05) is 23.7 Å². The molecule has 8 nitrogen and oxygen atoms in total. The molecule has 0 bridgehead atoms. The van der Waals surface area contributed by atoms with Crippen LogP contribution in [0.15, 0.2) is 60.9 Å². The zero-order valence-electron chi connectivity index (χ0n) is 14.1.